The van der Waals surface area contributed by atoms with Crippen molar-refractivity contribution in [1.29, 1.82) is 0 Å². The normalized spacial score (nSPS) is 45.6. The highest BCUT2D eigenvalue weighted by molar-refractivity contribution is 5.22. The predicted molar refractivity (Wildman–Crippen MR) is 49.5 cm³/mol. The maximum Gasteiger partial charge on any atom is 0.119 e. The molecule has 4 atom stereocenters. The Bertz CT molecular complexity index is 294. The van der Waals surface area contributed by atoms with Gasteiger partial charge in [-0.3, -0.25) is 0 Å². The van der Waals surface area contributed by atoms with Gasteiger partial charge in [0, 0.05) is 5.92 Å². The molecule has 2 saturated heterocycles. The second-order valence-electron chi connectivity index (χ2n) is 4.16. The van der Waals surface area contributed by atoms with Gasteiger partial charge in [0.05, 0.1) is 18.8 Å². The minimum absolute atomic E-state index is 0.0671. The van der Waals surface area contributed by atoms with Crippen molar-refractivity contribution in [2.24, 2.45) is 5.92 Å². The second-order valence-corrected chi connectivity index (χ2v) is 4.16. The number of rotatable bonds is 1. The van der Waals surface area contributed by atoms with Gasteiger partial charge in [0.1, 0.15) is 11.9 Å². The van der Waals surface area contributed by atoms with Crippen LogP contribution in [-0.4, -0.2) is 24.9 Å². The van der Waals surface area contributed by atoms with Crippen molar-refractivity contribution >= 4 is 0 Å². The summed E-state index contributed by atoms with van der Waals surface area (Å²) in [6.45, 7) is 0.829. The molecule has 0 N–H and O–H groups in total. The van der Waals surface area contributed by atoms with Crippen molar-refractivity contribution in [3.05, 3.63) is 24.1 Å². The topological polar surface area (TPSA) is 21.8 Å². The molecule has 1 aliphatic carbocycles. The van der Waals surface area contributed by atoms with E-state index in [1.165, 1.54) is 6.08 Å². The van der Waals surface area contributed by atoms with Crippen molar-refractivity contribution in [2.45, 2.75) is 31.2 Å². The van der Waals surface area contributed by atoms with Crippen LogP contribution in [0.3, 0.4) is 0 Å². The molecule has 0 amide bonds. The van der Waals surface area contributed by atoms with Gasteiger partial charge in [-0.15, -0.1) is 0 Å². The van der Waals surface area contributed by atoms with Crippen LogP contribution in [0.4, 0.5) is 4.39 Å². The molecule has 2 fully saturated rings. The number of epoxide rings is 1. The molecular weight excluding hydrogens is 183 g/mol. The summed E-state index contributed by atoms with van der Waals surface area (Å²) >= 11 is 0. The minimum atomic E-state index is -0.129. The van der Waals surface area contributed by atoms with Gasteiger partial charge < -0.3 is 9.47 Å². The summed E-state index contributed by atoms with van der Waals surface area (Å²) in [4.78, 5) is 0. The third-order valence-corrected chi connectivity index (χ3v) is 3.13. The van der Waals surface area contributed by atoms with E-state index in [1.807, 2.05) is 6.08 Å². The number of hydrogen-bond acceptors (Lipinski definition) is 2. The van der Waals surface area contributed by atoms with Crippen molar-refractivity contribution in [1.82, 2.24) is 0 Å². The monoisotopic (exact) mass is 196 g/mol. The molecule has 3 rings (SSSR count). The van der Waals surface area contributed by atoms with E-state index in [2.05, 4.69) is 0 Å². The van der Waals surface area contributed by atoms with Crippen LogP contribution >= 0.6 is 0 Å². The molecule has 3 aliphatic rings. The summed E-state index contributed by atoms with van der Waals surface area (Å²) in [6.07, 6.45) is 7.60. The molecule has 3 heteroatoms. The third kappa shape index (κ3) is 1.51. The lowest BCUT2D eigenvalue weighted by molar-refractivity contribution is -0.0591. The SMILES string of the molecule is FC1=CC2CC[C@@H]([C@@H]3CO3)OC2C=C1. The van der Waals surface area contributed by atoms with Gasteiger partial charge >= 0.3 is 0 Å². The predicted octanol–water partition coefficient (Wildman–Crippen LogP) is 1.97. The molecule has 2 aliphatic heterocycles. The summed E-state index contributed by atoms with van der Waals surface area (Å²) in [5, 5.41) is 0. The van der Waals surface area contributed by atoms with E-state index >= 15 is 0 Å². The molecule has 0 aromatic rings. The molecule has 76 valence electrons. The summed E-state index contributed by atoms with van der Waals surface area (Å²) < 4.78 is 24.0. The Morgan fingerprint density at radius 2 is 2.14 bits per heavy atom. The Balaban J connectivity index is 1.70. The maximum absolute atomic E-state index is 12.9. The van der Waals surface area contributed by atoms with Crippen molar-refractivity contribution in [3.8, 4) is 0 Å². The number of allylic oxidation sites excluding steroid dienone is 2. The molecule has 0 bridgehead atoms. The van der Waals surface area contributed by atoms with E-state index in [4.69, 9.17) is 9.47 Å². The first kappa shape index (κ1) is 8.62. The Hall–Kier alpha value is -0.670. The first-order valence-electron chi connectivity index (χ1n) is 5.15. The average molecular weight is 196 g/mol. The molecule has 0 radical (unpaired) electrons. The quantitative estimate of drug-likeness (QED) is 0.598. The molecule has 0 aromatic carbocycles. The van der Waals surface area contributed by atoms with Gasteiger partial charge in [0.25, 0.3) is 0 Å². The highest BCUT2D eigenvalue weighted by Gasteiger charge is 2.39. The first-order valence-corrected chi connectivity index (χ1v) is 5.15. The van der Waals surface area contributed by atoms with Gasteiger partial charge in [0.2, 0.25) is 0 Å². The summed E-state index contributed by atoms with van der Waals surface area (Å²) in [7, 11) is 0. The zero-order chi connectivity index (χ0) is 9.54. The largest absolute Gasteiger partial charge is 0.370 e. The van der Waals surface area contributed by atoms with Crippen molar-refractivity contribution in [2.75, 3.05) is 6.61 Å². The molecule has 14 heavy (non-hydrogen) atoms. The maximum atomic E-state index is 12.9. The molecule has 2 unspecified atom stereocenters. The van der Waals surface area contributed by atoms with Crippen LogP contribution in [-0.2, 0) is 9.47 Å². The number of ether oxygens (including phenoxy) is 2. The lowest BCUT2D eigenvalue weighted by Gasteiger charge is -2.34. The van der Waals surface area contributed by atoms with Crippen LogP contribution in [0.15, 0.2) is 24.1 Å². The Morgan fingerprint density at radius 1 is 1.29 bits per heavy atom. The standard InChI is InChI=1S/C11H13FO2/c12-8-2-4-9-7(5-8)1-3-10(14-9)11-6-13-11/h2,4-5,7,9-11H,1,3,6H2/t7?,9?,10-,11-/m0/s1. The van der Waals surface area contributed by atoms with Gasteiger partial charge in [-0.2, -0.15) is 0 Å². The van der Waals surface area contributed by atoms with Crippen molar-refractivity contribution < 1.29 is 13.9 Å². The van der Waals surface area contributed by atoms with Crippen LogP contribution in [0, 0.1) is 5.92 Å². The van der Waals surface area contributed by atoms with Gasteiger partial charge in [-0.25, -0.2) is 4.39 Å². The molecule has 2 nitrogen and oxygen atoms in total. The molecule has 2 heterocycles. The van der Waals surface area contributed by atoms with Gasteiger partial charge in [0.15, 0.2) is 0 Å². The van der Waals surface area contributed by atoms with Crippen LogP contribution in [0.5, 0.6) is 0 Å². The van der Waals surface area contributed by atoms with Crippen LogP contribution < -0.4 is 0 Å². The highest BCUT2D eigenvalue weighted by atomic mass is 19.1. The van der Waals surface area contributed by atoms with E-state index in [0.717, 1.165) is 19.4 Å². The fraction of sp³-hybridized carbons (Fsp3) is 0.636. The minimum Gasteiger partial charge on any atom is -0.370 e. The summed E-state index contributed by atoms with van der Waals surface area (Å²) in [5.41, 5.74) is 0. The Kier molecular flexibility index (Phi) is 1.96. The zero-order valence-corrected chi connectivity index (χ0v) is 7.86. The van der Waals surface area contributed by atoms with Crippen LogP contribution in [0.1, 0.15) is 12.8 Å². The molecular formula is C11H13FO2. The van der Waals surface area contributed by atoms with E-state index in [-0.39, 0.29) is 24.0 Å². The van der Waals surface area contributed by atoms with Crippen LogP contribution in [0.2, 0.25) is 0 Å². The van der Waals surface area contributed by atoms with Crippen molar-refractivity contribution in [3.63, 3.8) is 0 Å². The lowest BCUT2D eigenvalue weighted by Crippen LogP contribution is -2.36. The fourth-order valence-electron chi connectivity index (χ4n) is 2.25. The van der Waals surface area contributed by atoms with E-state index < -0.39 is 0 Å². The Labute approximate surface area is 82.4 Å². The van der Waals surface area contributed by atoms with Gasteiger partial charge in [-0.05, 0) is 25.0 Å². The molecule has 0 aromatic heterocycles. The highest BCUT2D eigenvalue weighted by Crippen LogP contribution is 2.35. The zero-order valence-electron chi connectivity index (χ0n) is 7.86. The molecule has 0 saturated carbocycles. The lowest BCUT2D eigenvalue weighted by atomic mass is 9.88. The third-order valence-electron chi connectivity index (χ3n) is 3.13. The number of hydrogen-bond donors (Lipinski definition) is 0. The number of fused-ring (bicyclic) bond motifs is 1. The van der Waals surface area contributed by atoms with E-state index in [1.54, 1.807) is 6.08 Å². The summed E-state index contributed by atoms with van der Waals surface area (Å²) in [5.74, 6) is 0.103. The fourth-order valence-corrected chi connectivity index (χ4v) is 2.25. The molecule has 0 spiro atoms. The summed E-state index contributed by atoms with van der Waals surface area (Å²) in [6, 6.07) is 0. The van der Waals surface area contributed by atoms with E-state index in [0.29, 0.717) is 6.10 Å². The smallest absolute Gasteiger partial charge is 0.119 e. The Morgan fingerprint density at radius 3 is 2.93 bits per heavy atom. The van der Waals surface area contributed by atoms with Crippen LogP contribution in [0.25, 0.3) is 0 Å². The average Bonchev–Trinajstić information content (AvgIpc) is 3.00. The van der Waals surface area contributed by atoms with E-state index in [9.17, 15) is 4.39 Å². The number of halogens is 1. The first-order chi connectivity index (χ1) is 6.83. The van der Waals surface area contributed by atoms with Gasteiger partial charge in [-0.1, -0.05) is 6.08 Å². The second kappa shape index (κ2) is 3.17.